The predicted octanol–water partition coefficient (Wildman–Crippen LogP) is -2.50. The summed E-state index contributed by atoms with van der Waals surface area (Å²) in [6.45, 7) is 0.772. The Hall–Kier alpha value is -2.61. The molecule has 0 aromatic carbocycles. The normalized spacial score (nSPS) is 19.6. The molecule has 0 radical (unpaired) electrons. The van der Waals surface area contributed by atoms with E-state index in [-0.39, 0.29) is 78.4 Å². The van der Waals surface area contributed by atoms with Crippen molar-refractivity contribution in [3.63, 3.8) is 0 Å². The van der Waals surface area contributed by atoms with Crippen molar-refractivity contribution >= 4 is 30.2 Å². The van der Waals surface area contributed by atoms with Crippen LogP contribution in [0.4, 0.5) is 0 Å². The Kier molecular flexibility index (Phi) is 11.6. The van der Waals surface area contributed by atoms with Gasteiger partial charge in [-0.1, -0.05) is 0 Å². The SMILES string of the molecule is O=CCC(C(=O)O)N1CCN(CC(=O)O)CCN(CC(=O)O)CCN(CC(=O)O)CC1. The Balaban J connectivity index is 3.08. The number of aldehydes is 1. The molecule has 1 aliphatic rings. The van der Waals surface area contributed by atoms with E-state index in [0.717, 1.165) is 0 Å². The second kappa shape index (κ2) is 13.6. The molecule has 1 fully saturated rings. The van der Waals surface area contributed by atoms with Crippen LogP contribution in [0.3, 0.4) is 0 Å². The third kappa shape index (κ3) is 10.8. The number of hydrogen-bond donors (Lipinski definition) is 4. The van der Waals surface area contributed by atoms with Gasteiger partial charge in [-0.05, 0) is 0 Å². The van der Waals surface area contributed by atoms with E-state index in [4.69, 9.17) is 15.3 Å². The molecule has 0 saturated carbocycles. The van der Waals surface area contributed by atoms with Crippen LogP contribution in [-0.2, 0) is 24.0 Å². The standard InChI is InChI=1S/C18H30N4O9/c23-10-1-14(18(30)31)22-8-6-20(12-16(26)27)4-2-19(11-15(24)25)3-5-21(7-9-22)13-17(28)29/h10,14H,1-9,11-13H2,(H,24,25)(H,26,27)(H,28,29)(H,30,31). The van der Waals surface area contributed by atoms with Crippen molar-refractivity contribution in [3.05, 3.63) is 0 Å². The van der Waals surface area contributed by atoms with Crippen molar-refractivity contribution in [1.29, 1.82) is 0 Å². The number of carbonyl (C=O) groups excluding carboxylic acids is 1. The van der Waals surface area contributed by atoms with Gasteiger partial charge in [-0.25, -0.2) is 0 Å². The molecule has 1 heterocycles. The average molecular weight is 446 g/mol. The van der Waals surface area contributed by atoms with Gasteiger partial charge in [0.2, 0.25) is 0 Å². The lowest BCUT2D eigenvalue weighted by atomic mass is 10.1. The summed E-state index contributed by atoms with van der Waals surface area (Å²) in [6, 6.07) is -1.11. The molecule has 0 aromatic rings. The van der Waals surface area contributed by atoms with Crippen LogP contribution >= 0.6 is 0 Å². The zero-order valence-corrected chi connectivity index (χ0v) is 17.3. The summed E-state index contributed by atoms with van der Waals surface area (Å²) in [4.78, 5) is 62.5. The first-order valence-electron chi connectivity index (χ1n) is 9.85. The lowest BCUT2D eigenvalue weighted by molar-refractivity contribution is -0.145. The van der Waals surface area contributed by atoms with E-state index in [1.165, 1.54) is 4.90 Å². The van der Waals surface area contributed by atoms with Gasteiger partial charge in [0.1, 0.15) is 12.3 Å². The maximum Gasteiger partial charge on any atom is 0.321 e. The highest BCUT2D eigenvalue weighted by Gasteiger charge is 2.27. The topological polar surface area (TPSA) is 179 Å². The van der Waals surface area contributed by atoms with Crippen LogP contribution in [0.1, 0.15) is 6.42 Å². The predicted molar refractivity (Wildman–Crippen MR) is 106 cm³/mol. The van der Waals surface area contributed by atoms with Gasteiger partial charge in [0.15, 0.2) is 0 Å². The van der Waals surface area contributed by atoms with Crippen LogP contribution in [0.25, 0.3) is 0 Å². The molecule has 13 nitrogen and oxygen atoms in total. The molecule has 1 saturated heterocycles. The Morgan fingerprint density at radius 1 is 0.645 bits per heavy atom. The molecule has 0 bridgehead atoms. The fourth-order valence-corrected chi connectivity index (χ4v) is 3.41. The van der Waals surface area contributed by atoms with Crippen molar-refractivity contribution in [1.82, 2.24) is 19.6 Å². The van der Waals surface area contributed by atoms with E-state index in [1.807, 2.05) is 0 Å². The van der Waals surface area contributed by atoms with Crippen LogP contribution in [0, 0.1) is 0 Å². The molecule has 31 heavy (non-hydrogen) atoms. The highest BCUT2D eigenvalue weighted by molar-refractivity contribution is 5.77. The van der Waals surface area contributed by atoms with Crippen molar-refractivity contribution in [2.45, 2.75) is 12.5 Å². The third-order valence-electron chi connectivity index (χ3n) is 4.99. The lowest BCUT2D eigenvalue weighted by Gasteiger charge is -2.34. The maximum absolute atomic E-state index is 11.6. The van der Waals surface area contributed by atoms with E-state index in [1.54, 1.807) is 14.7 Å². The second-order valence-corrected chi connectivity index (χ2v) is 7.30. The quantitative estimate of drug-likeness (QED) is 0.259. The van der Waals surface area contributed by atoms with Gasteiger partial charge in [0.25, 0.3) is 0 Å². The van der Waals surface area contributed by atoms with E-state index in [2.05, 4.69) is 0 Å². The third-order valence-corrected chi connectivity index (χ3v) is 4.99. The average Bonchev–Trinajstić information content (AvgIpc) is 2.65. The minimum Gasteiger partial charge on any atom is -0.480 e. The first-order chi connectivity index (χ1) is 14.6. The zero-order chi connectivity index (χ0) is 23.4. The Morgan fingerprint density at radius 2 is 0.968 bits per heavy atom. The number of nitrogens with zero attached hydrogens (tertiary/aromatic N) is 4. The minimum atomic E-state index is -1.19. The van der Waals surface area contributed by atoms with E-state index < -0.39 is 29.9 Å². The molecule has 13 heteroatoms. The van der Waals surface area contributed by atoms with Crippen LogP contribution < -0.4 is 0 Å². The molecule has 1 atom stereocenters. The molecule has 4 N–H and O–H groups in total. The first kappa shape index (κ1) is 26.4. The number of carboxylic acid groups (broad SMARTS) is 4. The molecule has 176 valence electrons. The number of aliphatic carboxylic acids is 4. The molecule has 1 unspecified atom stereocenters. The van der Waals surface area contributed by atoms with E-state index >= 15 is 0 Å². The van der Waals surface area contributed by atoms with E-state index in [0.29, 0.717) is 6.29 Å². The zero-order valence-electron chi connectivity index (χ0n) is 17.3. The summed E-state index contributed by atoms with van der Waals surface area (Å²) < 4.78 is 0. The summed E-state index contributed by atoms with van der Waals surface area (Å²) in [5, 5.41) is 37.0. The number of carboxylic acids is 4. The van der Waals surface area contributed by atoms with Gasteiger partial charge >= 0.3 is 23.9 Å². The van der Waals surface area contributed by atoms with Gasteiger partial charge in [0.05, 0.1) is 19.6 Å². The van der Waals surface area contributed by atoms with Crippen LogP contribution in [0.15, 0.2) is 0 Å². The van der Waals surface area contributed by atoms with Gasteiger partial charge in [-0.3, -0.25) is 38.8 Å². The van der Waals surface area contributed by atoms with Crippen molar-refractivity contribution in [2.24, 2.45) is 0 Å². The Labute approximate surface area is 179 Å². The number of hydrogen-bond acceptors (Lipinski definition) is 9. The first-order valence-corrected chi connectivity index (χ1v) is 9.85. The van der Waals surface area contributed by atoms with Crippen molar-refractivity contribution in [3.8, 4) is 0 Å². The summed E-state index contributed by atoms with van der Waals surface area (Å²) >= 11 is 0. The van der Waals surface area contributed by atoms with Gasteiger partial charge in [0, 0.05) is 58.8 Å². The van der Waals surface area contributed by atoms with Crippen LogP contribution in [0.2, 0.25) is 0 Å². The molecule has 1 rings (SSSR count). The minimum absolute atomic E-state index is 0.151. The molecule has 1 aliphatic heterocycles. The largest absolute Gasteiger partial charge is 0.480 e. The highest BCUT2D eigenvalue weighted by atomic mass is 16.4. The lowest BCUT2D eigenvalue weighted by Crippen LogP contribution is -2.51. The molecular formula is C18H30N4O9. The Morgan fingerprint density at radius 3 is 1.23 bits per heavy atom. The van der Waals surface area contributed by atoms with Gasteiger partial charge in [-0.2, -0.15) is 0 Å². The smallest absolute Gasteiger partial charge is 0.321 e. The van der Waals surface area contributed by atoms with Crippen molar-refractivity contribution < 1.29 is 44.4 Å². The maximum atomic E-state index is 11.6. The fourth-order valence-electron chi connectivity index (χ4n) is 3.41. The summed E-state index contributed by atoms with van der Waals surface area (Å²) in [5.74, 6) is -4.38. The van der Waals surface area contributed by atoms with Crippen LogP contribution in [0.5, 0.6) is 0 Å². The van der Waals surface area contributed by atoms with Gasteiger partial charge < -0.3 is 25.2 Å². The van der Waals surface area contributed by atoms with Crippen LogP contribution in [-0.4, -0.2) is 148 Å². The molecule has 0 amide bonds. The molecule has 0 aromatic heterocycles. The monoisotopic (exact) mass is 446 g/mol. The fraction of sp³-hybridized carbons (Fsp3) is 0.722. The molecule has 0 spiro atoms. The van der Waals surface area contributed by atoms with Gasteiger partial charge in [-0.15, -0.1) is 0 Å². The molecule has 0 aliphatic carbocycles. The summed E-state index contributed by atoms with van der Waals surface area (Å²) in [6.07, 6.45) is 0.252. The summed E-state index contributed by atoms with van der Waals surface area (Å²) in [7, 11) is 0. The second-order valence-electron chi connectivity index (χ2n) is 7.30. The molecular weight excluding hydrogens is 416 g/mol. The van der Waals surface area contributed by atoms with E-state index in [9.17, 15) is 29.1 Å². The number of rotatable bonds is 10. The highest BCUT2D eigenvalue weighted by Crippen LogP contribution is 2.07. The van der Waals surface area contributed by atoms with Crippen molar-refractivity contribution in [2.75, 3.05) is 72.0 Å². The summed E-state index contributed by atoms with van der Waals surface area (Å²) in [5.41, 5.74) is 0. The number of carbonyl (C=O) groups is 5. The Bertz CT molecular complexity index is 614.